The first-order valence-corrected chi connectivity index (χ1v) is 9.20. The van der Waals surface area contributed by atoms with Crippen molar-refractivity contribution < 1.29 is 4.79 Å². The Morgan fingerprint density at radius 2 is 2.28 bits per heavy atom. The van der Waals surface area contributed by atoms with Gasteiger partial charge in [0.25, 0.3) is 0 Å². The highest BCUT2D eigenvalue weighted by atomic mass is 16.2. The standard InChI is InChI=1S/C19H27N5O/c1-15-4-8-21-17(10-15)22-11-16-5-9-24(12-16)13-18(25)23-19(14-20)6-2-3-7-19/h4,8,10,16H,2-3,5-7,9,11-13H2,1H3,(H,21,22)(H,23,25)/t16-/m0/s1. The van der Waals surface area contributed by atoms with Gasteiger partial charge < -0.3 is 10.6 Å². The Labute approximate surface area is 149 Å². The van der Waals surface area contributed by atoms with E-state index in [-0.39, 0.29) is 5.91 Å². The van der Waals surface area contributed by atoms with Crippen LogP contribution in [0.1, 0.15) is 37.7 Å². The van der Waals surface area contributed by atoms with Crippen molar-refractivity contribution in [2.45, 2.75) is 44.6 Å². The van der Waals surface area contributed by atoms with Gasteiger partial charge in [-0.25, -0.2) is 4.98 Å². The van der Waals surface area contributed by atoms with E-state index < -0.39 is 5.54 Å². The highest BCUT2D eigenvalue weighted by Gasteiger charge is 2.36. The number of pyridine rings is 1. The van der Waals surface area contributed by atoms with E-state index >= 15 is 0 Å². The van der Waals surface area contributed by atoms with Crippen molar-refractivity contribution >= 4 is 11.7 Å². The van der Waals surface area contributed by atoms with E-state index in [2.05, 4.69) is 33.5 Å². The van der Waals surface area contributed by atoms with Gasteiger partial charge in [-0.15, -0.1) is 0 Å². The Balaban J connectivity index is 1.42. The maximum Gasteiger partial charge on any atom is 0.235 e. The molecule has 1 aliphatic heterocycles. The second kappa shape index (κ2) is 7.83. The summed E-state index contributed by atoms with van der Waals surface area (Å²) < 4.78 is 0. The summed E-state index contributed by atoms with van der Waals surface area (Å²) in [6, 6.07) is 6.35. The average molecular weight is 341 g/mol. The lowest BCUT2D eigenvalue weighted by Crippen LogP contribution is -2.48. The van der Waals surface area contributed by atoms with Crippen molar-refractivity contribution in [2.24, 2.45) is 5.92 Å². The molecule has 1 aromatic heterocycles. The number of nitrogens with one attached hydrogen (secondary N) is 2. The summed E-state index contributed by atoms with van der Waals surface area (Å²) in [5.41, 5.74) is 0.578. The number of likely N-dealkylation sites (tertiary alicyclic amines) is 1. The molecule has 134 valence electrons. The zero-order valence-electron chi connectivity index (χ0n) is 14.9. The normalized spacial score (nSPS) is 22.5. The lowest BCUT2D eigenvalue weighted by molar-refractivity contribution is -0.123. The Bertz CT molecular complexity index is 647. The predicted octanol–water partition coefficient (Wildman–Crippen LogP) is 2.08. The highest BCUT2D eigenvalue weighted by molar-refractivity contribution is 5.79. The van der Waals surface area contributed by atoms with Crippen molar-refractivity contribution in [1.29, 1.82) is 5.26 Å². The van der Waals surface area contributed by atoms with Crippen LogP contribution < -0.4 is 10.6 Å². The molecular formula is C19H27N5O. The van der Waals surface area contributed by atoms with E-state index in [4.69, 9.17) is 0 Å². The van der Waals surface area contributed by atoms with Crippen LogP contribution in [-0.4, -0.2) is 47.5 Å². The second-order valence-corrected chi connectivity index (χ2v) is 7.44. The first kappa shape index (κ1) is 17.7. The van der Waals surface area contributed by atoms with Crippen LogP contribution in [0.4, 0.5) is 5.82 Å². The SMILES string of the molecule is Cc1ccnc(NC[C@@H]2CCN(CC(=O)NC3(C#N)CCCC3)C2)c1. The van der Waals surface area contributed by atoms with Gasteiger partial charge in [0.2, 0.25) is 5.91 Å². The molecule has 2 fully saturated rings. The van der Waals surface area contributed by atoms with Crippen molar-refractivity contribution in [3.8, 4) is 6.07 Å². The van der Waals surface area contributed by atoms with Crippen LogP contribution in [0, 0.1) is 24.2 Å². The highest BCUT2D eigenvalue weighted by Crippen LogP contribution is 2.28. The molecule has 25 heavy (non-hydrogen) atoms. The number of rotatable bonds is 6. The molecule has 1 amide bonds. The Morgan fingerprint density at radius 3 is 3.00 bits per heavy atom. The maximum absolute atomic E-state index is 12.3. The Kier molecular flexibility index (Phi) is 5.54. The van der Waals surface area contributed by atoms with E-state index in [1.807, 2.05) is 18.3 Å². The fraction of sp³-hybridized carbons (Fsp3) is 0.632. The van der Waals surface area contributed by atoms with Gasteiger partial charge in [0.05, 0.1) is 12.6 Å². The maximum atomic E-state index is 12.3. The number of aryl methyl sites for hydroxylation is 1. The monoisotopic (exact) mass is 341 g/mol. The van der Waals surface area contributed by atoms with Crippen LogP contribution in [-0.2, 0) is 4.79 Å². The fourth-order valence-electron chi connectivity index (χ4n) is 3.86. The summed E-state index contributed by atoms with van der Waals surface area (Å²) in [5, 5.41) is 15.7. The van der Waals surface area contributed by atoms with Gasteiger partial charge >= 0.3 is 0 Å². The molecule has 0 unspecified atom stereocenters. The number of carbonyl (C=O) groups is 1. The topological polar surface area (TPSA) is 81.1 Å². The minimum Gasteiger partial charge on any atom is -0.370 e. The van der Waals surface area contributed by atoms with Crippen LogP contribution in [0.25, 0.3) is 0 Å². The summed E-state index contributed by atoms with van der Waals surface area (Å²) >= 11 is 0. The Morgan fingerprint density at radius 1 is 1.48 bits per heavy atom. The van der Waals surface area contributed by atoms with Gasteiger partial charge in [0, 0.05) is 19.3 Å². The molecule has 1 aliphatic carbocycles. The van der Waals surface area contributed by atoms with Crippen LogP contribution in [0.15, 0.2) is 18.3 Å². The van der Waals surface area contributed by atoms with Gasteiger partial charge in [-0.1, -0.05) is 0 Å². The zero-order chi connectivity index (χ0) is 17.7. The van der Waals surface area contributed by atoms with Crippen molar-refractivity contribution in [1.82, 2.24) is 15.2 Å². The summed E-state index contributed by atoms with van der Waals surface area (Å²) in [7, 11) is 0. The first-order valence-electron chi connectivity index (χ1n) is 9.20. The third kappa shape index (κ3) is 4.70. The molecule has 0 spiro atoms. The third-order valence-electron chi connectivity index (χ3n) is 5.27. The smallest absolute Gasteiger partial charge is 0.235 e. The van der Waals surface area contributed by atoms with Gasteiger partial charge in [0.1, 0.15) is 11.4 Å². The van der Waals surface area contributed by atoms with Crippen molar-refractivity contribution in [2.75, 3.05) is 31.5 Å². The van der Waals surface area contributed by atoms with Gasteiger partial charge in [-0.3, -0.25) is 9.69 Å². The van der Waals surface area contributed by atoms with Crippen molar-refractivity contribution in [3.05, 3.63) is 23.9 Å². The number of aromatic nitrogens is 1. The molecule has 1 aromatic rings. The summed E-state index contributed by atoms with van der Waals surface area (Å²) in [6.07, 6.45) is 6.51. The molecule has 0 bridgehead atoms. The fourth-order valence-corrected chi connectivity index (χ4v) is 3.86. The predicted molar refractivity (Wildman–Crippen MR) is 97.0 cm³/mol. The number of nitriles is 1. The van der Waals surface area contributed by atoms with Crippen LogP contribution in [0.3, 0.4) is 0 Å². The number of amides is 1. The summed E-state index contributed by atoms with van der Waals surface area (Å²) in [5.74, 6) is 1.41. The molecule has 6 nitrogen and oxygen atoms in total. The summed E-state index contributed by atoms with van der Waals surface area (Å²) in [4.78, 5) is 18.8. The molecule has 6 heteroatoms. The van der Waals surface area contributed by atoms with Gasteiger partial charge in [0.15, 0.2) is 0 Å². The molecular weight excluding hydrogens is 314 g/mol. The quantitative estimate of drug-likeness (QED) is 0.828. The second-order valence-electron chi connectivity index (χ2n) is 7.44. The van der Waals surface area contributed by atoms with E-state index in [1.165, 1.54) is 5.56 Å². The molecule has 2 heterocycles. The molecule has 1 saturated carbocycles. The van der Waals surface area contributed by atoms with Crippen LogP contribution >= 0.6 is 0 Å². The molecule has 2 aliphatic rings. The number of carbonyl (C=O) groups excluding carboxylic acids is 1. The largest absolute Gasteiger partial charge is 0.370 e. The minimum absolute atomic E-state index is 0.0163. The number of anilines is 1. The molecule has 1 saturated heterocycles. The van der Waals surface area contributed by atoms with E-state index in [0.717, 1.165) is 57.6 Å². The van der Waals surface area contributed by atoms with E-state index in [0.29, 0.717) is 12.5 Å². The van der Waals surface area contributed by atoms with Gasteiger partial charge in [-0.2, -0.15) is 5.26 Å². The third-order valence-corrected chi connectivity index (χ3v) is 5.27. The van der Waals surface area contributed by atoms with Crippen LogP contribution in [0.2, 0.25) is 0 Å². The summed E-state index contributed by atoms with van der Waals surface area (Å²) in [6.45, 7) is 5.16. The number of hydrogen-bond donors (Lipinski definition) is 2. The molecule has 0 aromatic carbocycles. The Hall–Kier alpha value is -2.13. The first-order chi connectivity index (χ1) is 12.1. The molecule has 3 rings (SSSR count). The van der Waals surface area contributed by atoms with Gasteiger partial charge in [-0.05, 0) is 69.2 Å². The van der Waals surface area contributed by atoms with E-state index in [9.17, 15) is 10.1 Å². The lowest BCUT2D eigenvalue weighted by atomic mass is 10.00. The van der Waals surface area contributed by atoms with Crippen molar-refractivity contribution in [3.63, 3.8) is 0 Å². The lowest BCUT2D eigenvalue weighted by Gasteiger charge is -2.24. The molecule has 2 N–H and O–H groups in total. The van der Waals surface area contributed by atoms with E-state index in [1.54, 1.807) is 0 Å². The number of hydrogen-bond acceptors (Lipinski definition) is 5. The molecule has 0 radical (unpaired) electrons. The number of nitrogens with zero attached hydrogens (tertiary/aromatic N) is 3. The zero-order valence-corrected chi connectivity index (χ0v) is 14.9. The minimum atomic E-state index is -0.616. The molecule has 1 atom stereocenters. The van der Waals surface area contributed by atoms with Crippen LogP contribution in [0.5, 0.6) is 0 Å². The average Bonchev–Trinajstić information content (AvgIpc) is 3.23.